The highest BCUT2D eigenvalue weighted by molar-refractivity contribution is 5.37. The summed E-state index contributed by atoms with van der Waals surface area (Å²) in [6.45, 7) is 2.83. The first-order chi connectivity index (χ1) is 8.84. The molecular formula is C13H16N4O. The molecule has 1 aliphatic rings. The first-order valence-electron chi connectivity index (χ1n) is 6.17. The van der Waals surface area contributed by atoms with Crippen molar-refractivity contribution in [2.75, 3.05) is 6.61 Å². The van der Waals surface area contributed by atoms with Gasteiger partial charge in [0.15, 0.2) is 0 Å². The number of H-pyrrole nitrogens is 1. The third kappa shape index (κ3) is 2.09. The molecule has 5 nitrogen and oxygen atoms in total. The highest BCUT2D eigenvalue weighted by atomic mass is 16.5. The number of fused-ring (bicyclic) bond motifs is 1. The molecule has 0 fully saturated rings. The molecular weight excluding hydrogens is 228 g/mol. The van der Waals surface area contributed by atoms with E-state index in [-0.39, 0.29) is 6.04 Å². The van der Waals surface area contributed by atoms with Crippen LogP contribution in [0.2, 0.25) is 0 Å². The van der Waals surface area contributed by atoms with E-state index in [4.69, 9.17) is 4.74 Å². The Labute approximate surface area is 106 Å². The van der Waals surface area contributed by atoms with Crippen LogP contribution in [0.3, 0.4) is 0 Å². The van der Waals surface area contributed by atoms with Gasteiger partial charge in [0.1, 0.15) is 17.9 Å². The Balaban J connectivity index is 1.78. The van der Waals surface area contributed by atoms with Crippen molar-refractivity contribution in [2.24, 2.45) is 0 Å². The van der Waals surface area contributed by atoms with Gasteiger partial charge in [-0.05, 0) is 13.0 Å². The van der Waals surface area contributed by atoms with E-state index in [1.165, 1.54) is 11.9 Å². The minimum absolute atomic E-state index is 0.142. The Hall–Kier alpha value is -1.88. The highest BCUT2D eigenvalue weighted by Crippen LogP contribution is 2.32. The minimum Gasteiger partial charge on any atom is -0.493 e. The van der Waals surface area contributed by atoms with E-state index in [1.807, 2.05) is 18.2 Å². The Morgan fingerprint density at radius 1 is 1.44 bits per heavy atom. The van der Waals surface area contributed by atoms with Gasteiger partial charge in [-0.1, -0.05) is 18.2 Å². The lowest BCUT2D eigenvalue weighted by Gasteiger charge is -2.28. The fraction of sp³-hybridized carbons (Fsp3) is 0.385. The molecule has 5 heteroatoms. The molecule has 0 amide bonds. The number of hydrogen-bond acceptors (Lipinski definition) is 4. The van der Waals surface area contributed by atoms with Crippen LogP contribution in [0.1, 0.15) is 36.8 Å². The molecule has 1 aliphatic heterocycles. The molecule has 2 unspecified atom stereocenters. The topological polar surface area (TPSA) is 62.8 Å². The number of benzene rings is 1. The molecule has 2 aromatic rings. The van der Waals surface area contributed by atoms with Crippen molar-refractivity contribution < 1.29 is 4.74 Å². The number of aromatic amines is 1. The van der Waals surface area contributed by atoms with E-state index in [0.717, 1.165) is 24.6 Å². The summed E-state index contributed by atoms with van der Waals surface area (Å²) in [5.74, 6) is 1.84. The maximum Gasteiger partial charge on any atom is 0.141 e. The zero-order valence-electron chi connectivity index (χ0n) is 10.3. The van der Waals surface area contributed by atoms with Crippen LogP contribution in [0.5, 0.6) is 5.75 Å². The van der Waals surface area contributed by atoms with E-state index >= 15 is 0 Å². The summed E-state index contributed by atoms with van der Waals surface area (Å²) in [4.78, 5) is 4.18. The Bertz CT molecular complexity index is 511. The third-order valence-corrected chi connectivity index (χ3v) is 3.25. The summed E-state index contributed by atoms with van der Waals surface area (Å²) < 4.78 is 5.65. The fourth-order valence-corrected chi connectivity index (χ4v) is 2.32. The van der Waals surface area contributed by atoms with Gasteiger partial charge in [0.2, 0.25) is 0 Å². The van der Waals surface area contributed by atoms with Gasteiger partial charge in [-0.15, -0.1) is 0 Å². The molecule has 0 aliphatic carbocycles. The van der Waals surface area contributed by atoms with E-state index in [2.05, 4.69) is 33.5 Å². The Kier molecular flexibility index (Phi) is 2.98. The fourth-order valence-electron chi connectivity index (χ4n) is 2.32. The Morgan fingerprint density at radius 2 is 2.33 bits per heavy atom. The highest BCUT2D eigenvalue weighted by Gasteiger charge is 2.23. The van der Waals surface area contributed by atoms with E-state index in [0.29, 0.717) is 6.04 Å². The van der Waals surface area contributed by atoms with Gasteiger partial charge < -0.3 is 10.1 Å². The van der Waals surface area contributed by atoms with Crippen molar-refractivity contribution in [2.45, 2.75) is 25.4 Å². The predicted octanol–water partition coefficient (Wildman–Crippen LogP) is 1.98. The summed E-state index contributed by atoms with van der Waals surface area (Å²) in [5.41, 5.74) is 1.22. The molecule has 18 heavy (non-hydrogen) atoms. The van der Waals surface area contributed by atoms with Crippen LogP contribution >= 0.6 is 0 Å². The molecule has 2 N–H and O–H groups in total. The van der Waals surface area contributed by atoms with Crippen molar-refractivity contribution in [1.29, 1.82) is 0 Å². The van der Waals surface area contributed by atoms with Crippen LogP contribution in [0.4, 0.5) is 0 Å². The van der Waals surface area contributed by atoms with Gasteiger partial charge in [0, 0.05) is 18.0 Å². The Morgan fingerprint density at radius 3 is 3.17 bits per heavy atom. The van der Waals surface area contributed by atoms with Crippen LogP contribution in [-0.2, 0) is 0 Å². The van der Waals surface area contributed by atoms with Crippen molar-refractivity contribution >= 4 is 0 Å². The number of ether oxygens (including phenoxy) is 1. The summed E-state index contributed by atoms with van der Waals surface area (Å²) in [7, 11) is 0. The number of rotatable bonds is 3. The molecule has 1 aromatic carbocycles. The van der Waals surface area contributed by atoms with Crippen LogP contribution in [0.25, 0.3) is 0 Å². The van der Waals surface area contributed by atoms with Gasteiger partial charge in [-0.2, -0.15) is 5.10 Å². The molecule has 3 rings (SSSR count). The molecule has 0 spiro atoms. The van der Waals surface area contributed by atoms with Gasteiger partial charge in [0.25, 0.3) is 0 Å². The molecule has 0 radical (unpaired) electrons. The normalized spacial score (nSPS) is 19.9. The van der Waals surface area contributed by atoms with E-state index in [1.54, 1.807) is 0 Å². The summed E-state index contributed by atoms with van der Waals surface area (Å²) in [5, 5.41) is 10.3. The summed E-state index contributed by atoms with van der Waals surface area (Å²) in [6, 6.07) is 8.61. The van der Waals surface area contributed by atoms with E-state index in [9.17, 15) is 0 Å². The molecule has 94 valence electrons. The third-order valence-electron chi connectivity index (χ3n) is 3.25. The minimum atomic E-state index is 0.142. The molecule has 2 atom stereocenters. The molecule has 0 saturated carbocycles. The number of aromatic nitrogens is 3. The zero-order chi connectivity index (χ0) is 12.4. The maximum absolute atomic E-state index is 5.65. The lowest BCUT2D eigenvalue weighted by molar-refractivity contribution is 0.245. The number of nitrogens with one attached hydrogen (secondary N) is 2. The van der Waals surface area contributed by atoms with Crippen molar-refractivity contribution in [3.05, 3.63) is 42.0 Å². The second-order valence-corrected chi connectivity index (χ2v) is 4.49. The van der Waals surface area contributed by atoms with Crippen molar-refractivity contribution in [3.8, 4) is 5.75 Å². The van der Waals surface area contributed by atoms with Gasteiger partial charge in [-0.3, -0.25) is 5.10 Å². The lowest BCUT2D eigenvalue weighted by atomic mass is 10.00. The number of para-hydroxylation sites is 1. The lowest BCUT2D eigenvalue weighted by Crippen LogP contribution is -2.29. The monoisotopic (exact) mass is 244 g/mol. The second kappa shape index (κ2) is 4.78. The zero-order valence-corrected chi connectivity index (χ0v) is 10.3. The average Bonchev–Trinajstić information content (AvgIpc) is 2.93. The first kappa shape index (κ1) is 11.2. The largest absolute Gasteiger partial charge is 0.493 e. The van der Waals surface area contributed by atoms with Crippen LogP contribution in [0, 0.1) is 0 Å². The van der Waals surface area contributed by atoms with E-state index < -0.39 is 0 Å². The van der Waals surface area contributed by atoms with Gasteiger partial charge in [0.05, 0.1) is 12.6 Å². The van der Waals surface area contributed by atoms with Gasteiger partial charge in [-0.25, -0.2) is 4.98 Å². The number of hydrogen-bond donors (Lipinski definition) is 2. The molecule has 2 heterocycles. The predicted molar refractivity (Wildman–Crippen MR) is 67.2 cm³/mol. The SMILES string of the molecule is CC(NC1CCOc2ccccc21)c1ncn[nH]1. The molecule has 0 bridgehead atoms. The standard InChI is InChI=1S/C13H16N4O/c1-9(13-14-8-15-17-13)16-11-6-7-18-12-5-3-2-4-10(11)12/h2-5,8-9,11,16H,6-7H2,1H3,(H,14,15,17). The van der Waals surface area contributed by atoms with Crippen LogP contribution in [-0.4, -0.2) is 21.8 Å². The van der Waals surface area contributed by atoms with Crippen molar-refractivity contribution in [1.82, 2.24) is 20.5 Å². The maximum atomic E-state index is 5.65. The second-order valence-electron chi connectivity index (χ2n) is 4.49. The molecule has 1 aromatic heterocycles. The first-order valence-corrected chi connectivity index (χ1v) is 6.17. The summed E-state index contributed by atoms with van der Waals surface area (Å²) >= 11 is 0. The van der Waals surface area contributed by atoms with Gasteiger partial charge >= 0.3 is 0 Å². The van der Waals surface area contributed by atoms with Crippen LogP contribution < -0.4 is 10.1 Å². The quantitative estimate of drug-likeness (QED) is 0.866. The molecule has 0 saturated heterocycles. The smallest absolute Gasteiger partial charge is 0.141 e. The summed E-state index contributed by atoms with van der Waals surface area (Å²) in [6.07, 6.45) is 2.50. The van der Waals surface area contributed by atoms with Crippen LogP contribution in [0.15, 0.2) is 30.6 Å². The average molecular weight is 244 g/mol. The number of nitrogens with zero attached hydrogens (tertiary/aromatic N) is 2. The van der Waals surface area contributed by atoms with Crippen molar-refractivity contribution in [3.63, 3.8) is 0 Å².